The molecule has 0 aliphatic heterocycles. The fraction of sp³-hybridized carbons (Fsp3) is 0.143. The first-order valence-electron chi connectivity index (χ1n) is 5.79. The maximum atomic E-state index is 12.3. The third-order valence-corrected chi connectivity index (χ3v) is 3.32. The van der Waals surface area contributed by atoms with Crippen molar-refractivity contribution in [1.29, 1.82) is 0 Å². The van der Waals surface area contributed by atoms with Crippen LogP contribution in [0.1, 0.15) is 10.4 Å². The third kappa shape index (κ3) is 3.08. The fourth-order valence-electron chi connectivity index (χ4n) is 1.64. The summed E-state index contributed by atoms with van der Waals surface area (Å²) >= 11 is 3.38. The number of halogens is 1. The van der Waals surface area contributed by atoms with Crippen molar-refractivity contribution < 1.29 is 14.3 Å². The molecule has 1 N–H and O–H groups in total. The summed E-state index contributed by atoms with van der Waals surface area (Å²) in [5.41, 5.74) is 0.977. The molecule has 0 saturated carbocycles. The molecule has 6 heteroatoms. The van der Waals surface area contributed by atoms with Crippen LogP contribution in [-0.4, -0.2) is 25.1 Å². The molecular weight excluding hydrogens is 324 g/mol. The summed E-state index contributed by atoms with van der Waals surface area (Å²) in [6.07, 6.45) is 1.57. The van der Waals surface area contributed by atoms with E-state index >= 15 is 0 Å². The Morgan fingerprint density at radius 3 is 2.75 bits per heavy atom. The minimum Gasteiger partial charge on any atom is -0.497 e. The summed E-state index contributed by atoms with van der Waals surface area (Å²) < 4.78 is 11.0. The number of nitrogens with one attached hydrogen (secondary N) is 1. The SMILES string of the molecule is COc1ccc(Br)c(NC(=O)c2cccnc2OC)c1. The van der Waals surface area contributed by atoms with E-state index in [2.05, 4.69) is 26.2 Å². The van der Waals surface area contributed by atoms with E-state index in [1.54, 1.807) is 43.6 Å². The topological polar surface area (TPSA) is 60.5 Å². The molecule has 0 aliphatic carbocycles. The molecule has 0 atom stereocenters. The van der Waals surface area contributed by atoms with Crippen LogP contribution in [0.4, 0.5) is 5.69 Å². The number of carbonyl (C=O) groups excluding carboxylic acids is 1. The number of benzene rings is 1. The monoisotopic (exact) mass is 336 g/mol. The van der Waals surface area contributed by atoms with Crippen LogP contribution in [0.15, 0.2) is 41.0 Å². The van der Waals surface area contributed by atoms with Crippen molar-refractivity contribution in [3.05, 3.63) is 46.6 Å². The van der Waals surface area contributed by atoms with Gasteiger partial charge in [-0.2, -0.15) is 0 Å². The number of ether oxygens (including phenoxy) is 2. The average Bonchev–Trinajstić information content (AvgIpc) is 2.49. The third-order valence-electron chi connectivity index (χ3n) is 2.63. The zero-order valence-corrected chi connectivity index (χ0v) is 12.6. The van der Waals surface area contributed by atoms with Crippen LogP contribution in [0.2, 0.25) is 0 Å². The lowest BCUT2D eigenvalue weighted by Crippen LogP contribution is -2.14. The molecule has 0 bridgehead atoms. The number of carbonyl (C=O) groups is 1. The van der Waals surface area contributed by atoms with Gasteiger partial charge in [-0.05, 0) is 40.2 Å². The number of hydrogen-bond donors (Lipinski definition) is 1. The van der Waals surface area contributed by atoms with Gasteiger partial charge < -0.3 is 14.8 Å². The lowest BCUT2D eigenvalue weighted by Gasteiger charge is -2.10. The summed E-state index contributed by atoms with van der Waals surface area (Å²) in [4.78, 5) is 16.2. The van der Waals surface area contributed by atoms with E-state index in [1.807, 2.05) is 0 Å². The number of rotatable bonds is 4. The molecule has 0 fully saturated rings. The molecule has 1 amide bonds. The van der Waals surface area contributed by atoms with Gasteiger partial charge in [-0.3, -0.25) is 4.79 Å². The molecule has 1 heterocycles. The highest BCUT2D eigenvalue weighted by Crippen LogP contribution is 2.28. The fourth-order valence-corrected chi connectivity index (χ4v) is 1.99. The van der Waals surface area contributed by atoms with Crippen molar-refractivity contribution in [3.8, 4) is 11.6 Å². The van der Waals surface area contributed by atoms with Crippen LogP contribution in [-0.2, 0) is 0 Å². The van der Waals surface area contributed by atoms with Crippen LogP contribution < -0.4 is 14.8 Å². The quantitative estimate of drug-likeness (QED) is 0.931. The largest absolute Gasteiger partial charge is 0.497 e. The number of aromatic nitrogens is 1. The highest BCUT2D eigenvalue weighted by atomic mass is 79.9. The van der Waals surface area contributed by atoms with Gasteiger partial charge in [0.15, 0.2) is 0 Å². The van der Waals surface area contributed by atoms with Crippen molar-refractivity contribution in [2.75, 3.05) is 19.5 Å². The number of hydrogen-bond acceptors (Lipinski definition) is 4. The Bertz CT molecular complexity index is 632. The van der Waals surface area contributed by atoms with E-state index in [4.69, 9.17) is 9.47 Å². The van der Waals surface area contributed by atoms with E-state index in [-0.39, 0.29) is 11.8 Å². The first kappa shape index (κ1) is 14.3. The van der Waals surface area contributed by atoms with Crippen molar-refractivity contribution in [3.63, 3.8) is 0 Å². The zero-order chi connectivity index (χ0) is 14.5. The van der Waals surface area contributed by atoms with E-state index in [1.165, 1.54) is 7.11 Å². The smallest absolute Gasteiger partial charge is 0.261 e. The number of pyridine rings is 1. The standard InChI is InChI=1S/C14H13BrN2O3/c1-19-9-5-6-11(15)12(8-9)17-13(18)10-4-3-7-16-14(10)20-2/h3-8H,1-2H3,(H,17,18). The van der Waals surface area contributed by atoms with Crippen molar-refractivity contribution in [2.45, 2.75) is 0 Å². The van der Waals surface area contributed by atoms with Crippen LogP contribution in [0.5, 0.6) is 11.6 Å². The highest BCUT2D eigenvalue weighted by Gasteiger charge is 2.14. The van der Waals surface area contributed by atoms with Crippen molar-refractivity contribution in [1.82, 2.24) is 4.98 Å². The van der Waals surface area contributed by atoms with Crippen LogP contribution >= 0.6 is 15.9 Å². The lowest BCUT2D eigenvalue weighted by molar-refractivity contribution is 0.102. The van der Waals surface area contributed by atoms with E-state index in [0.29, 0.717) is 17.0 Å². The Morgan fingerprint density at radius 1 is 1.25 bits per heavy atom. The summed E-state index contributed by atoms with van der Waals surface area (Å²) in [5.74, 6) is 0.634. The van der Waals surface area contributed by atoms with Gasteiger partial charge in [-0.25, -0.2) is 4.98 Å². The predicted octanol–water partition coefficient (Wildman–Crippen LogP) is 3.11. The molecule has 0 spiro atoms. The van der Waals surface area contributed by atoms with E-state index in [0.717, 1.165) is 4.47 Å². The van der Waals surface area contributed by atoms with Gasteiger partial charge in [-0.1, -0.05) is 0 Å². The number of anilines is 1. The Hall–Kier alpha value is -2.08. The molecule has 0 radical (unpaired) electrons. The number of nitrogens with zero attached hydrogens (tertiary/aromatic N) is 1. The zero-order valence-electron chi connectivity index (χ0n) is 11.0. The van der Waals surface area contributed by atoms with Gasteiger partial charge in [0.1, 0.15) is 11.3 Å². The second kappa shape index (κ2) is 6.38. The molecule has 0 aliphatic rings. The molecule has 1 aromatic heterocycles. The highest BCUT2D eigenvalue weighted by molar-refractivity contribution is 9.10. The Labute approximate surface area is 125 Å². The van der Waals surface area contributed by atoms with Gasteiger partial charge in [0, 0.05) is 16.7 Å². The first-order chi connectivity index (χ1) is 9.65. The molecule has 0 unspecified atom stereocenters. The normalized spacial score (nSPS) is 9.95. The Balaban J connectivity index is 2.27. The van der Waals surface area contributed by atoms with Gasteiger partial charge in [0.25, 0.3) is 5.91 Å². The van der Waals surface area contributed by atoms with E-state index < -0.39 is 0 Å². The minimum atomic E-state index is -0.302. The minimum absolute atomic E-state index is 0.281. The summed E-state index contributed by atoms with van der Waals surface area (Å²) in [6.45, 7) is 0. The van der Waals surface area contributed by atoms with Crippen LogP contribution in [0.3, 0.4) is 0 Å². The molecule has 5 nitrogen and oxygen atoms in total. The second-order valence-electron chi connectivity index (χ2n) is 3.86. The molecule has 2 aromatic rings. The van der Waals surface area contributed by atoms with Gasteiger partial charge in [0.2, 0.25) is 5.88 Å². The molecule has 2 rings (SSSR count). The molecular formula is C14H13BrN2O3. The van der Waals surface area contributed by atoms with Crippen LogP contribution in [0, 0.1) is 0 Å². The first-order valence-corrected chi connectivity index (χ1v) is 6.59. The number of methoxy groups -OCH3 is 2. The van der Waals surface area contributed by atoms with Crippen LogP contribution in [0.25, 0.3) is 0 Å². The van der Waals surface area contributed by atoms with Gasteiger partial charge in [0.05, 0.1) is 19.9 Å². The average molecular weight is 337 g/mol. The number of amides is 1. The van der Waals surface area contributed by atoms with Gasteiger partial charge >= 0.3 is 0 Å². The molecule has 20 heavy (non-hydrogen) atoms. The summed E-state index contributed by atoms with van der Waals surface area (Å²) in [7, 11) is 3.04. The molecule has 1 aromatic carbocycles. The van der Waals surface area contributed by atoms with Crippen molar-refractivity contribution in [2.24, 2.45) is 0 Å². The Kier molecular flexibility index (Phi) is 4.57. The predicted molar refractivity (Wildman–Crippen MR) is 79.4 cm³/mol. The van der Waals surface area contributed by atoms with E-state index in [9.17, 15) is 4.79 Å². The summed E-state index contributed by atoms with van der Waals surface area (Å²) in [5, 5.41) is 2.79. The van der Waals surface area contributed by atoms with Gasteiger partial charge in [-0.15, -0.1) is 0 Å². The maximum absolute atomic E-state index is 12.3. The molecule has 0 saturated heterocycles. The second-order valence-corrected chi connectivity index (χ2v) is 4.71. The Morgan fingerprint density at radius 2 is 2.05 bits per heavy atom. The van der Waals surface area contributed by atoms with Crippen molar-refractivity contribution >= 4 is 27.5 Å². The summed E-state index contributed by atoms with van der Waals surface area (Å²) in [6, 6.07) is 8.65. The molecule has 104 valence electrons. The maximum Gasteiger partial charge on any atom is 0.261 e. The lowest BCUT2D eigenvalue weighted by atomic mass is 10.2.